The number of benzene rings is 2. The summed E-state index contributed by atoms with van der Waals surface area (Å²) in [6.07, 6.45) is 0.830. The average molecular weight is 337 g/mol. The number of carbonyl (C=O) groups is 1. The second-order valence-corrected chi connectivity index (χ2v) is 5.92. The quantitative estimate of drug-likeness (QED) is 0.752. The lowest BCUT2D eigenvalue weighted by Crippen LogP contribution is -2.23. The van der Waals surface area contributed by atoms with E-state index in [2.05, 4.69) is 11.4 Å². The van der Waals surface area contributed by atoms with Gasteiger partial charge in [-0.2, -0.15) is 5.26 Å². The molecule has 1 amide bonds. The summed E-state index contributed by atoms with van der Waals surface area (Å²) in [6, 6.07) is 17.5. The smallest absolute Gasteiger partial charge is 0.226 e. The van der Waals surface area contributed by atoms with Gasteiger partial charge in [0.1, 0.15) is 12.4 Å². The maximum Gasteiger partial charge on any atom is 0.226 e. The number of nitrogens with one attached hydrogen (secondary N) is 1. The van der Waals surface area contributed by atoms with Gasteiger partial charge in [0.25, 0.3) is 0 Å². The van der Waals surface area contributed by atoms with E-state index < -0.39 is 0 Å². The molecule has 25 heavy (non-hydrogen) atoms. The highest BCUT2D eigenvalue weighted by Gasteiger charge is 2.05. The summed E-state index contributed by atoms with van der Waals surface area (Å²) < 4.78 is 5.67. The van der Waals surface area contributed by atoms with Crippen molar-refractivity contribution in [2.75, 3.05) is 32.6 Å². The van der Waals surface area contributed by atoms with Crippen molar-refractivity contribution in [3.05, 3.63) is 59.7 Å². The topological polar surface area (TPSA) is 65.4 Å². The van der Waals surface area contributed by atoms with Crippen LogP contribution in [-0.4, -0.2) is 38.1 Å². The molecule has 2 rings (SSSR count). The first-order chi connectivity index (χ1) is 12.1. The molecule has 0 aliphatic rings. The van der Waals surface area contributed by atoms with E-state index in [9.17, 15) is 4.79 Å². The standard InChI is InChI=1S/C20H23N3O2/c1-23(2)20(24)15-17-3-7-18(8-4-17)22-13-14-25-19-9-5-16(6-10-19)11-12-21/h3-10,22H,11,13-15H2,1-2H3. The molecule has 0 unspecified atom stereocenters. The fourth-order valence-corrected chi connectivity index (χ4v) is 2.23. The largest absolute Gasteiger partial charge is 0.492 e. The first-order valence-electron chi connectivity index (χ1n) is 8.20. The van der Waals surface area contributed by atoms with E-state index >= 15 is 0 Å². The van der Waals surface area contributed by atoms with E-state index in [-0.39, 0.29) is 5.91 Å². The molecule has 0 aromatic heterocycles. The van der Waals surface area contributed by atoms with Gasteiger partial charge in [-0.05, 0) is 35.4 Å². The summed E-state index contributed by atoms with van der Waals surface area (Å²) >= 11 is 0. The molecule has 0 saturated heterocycles. The van der Waals surface area contributed by atoms with E-state index in [1.807, 2.05) is 48.5 Å². The van der Waals surface area contributed by atoms with Crippen LogP contribution in [0.25, 0.3) is 0 Å². The zero-order valence-corrected chi connectivity index (χ0v) is 14.7. The van der Waals surface area contributed by atoms with Crippen molar-refractivity contribution in [1.82, 2.24) is 4.90 Å². The number of ether oxygens (including phenoxy) is 1. The Morgan fingerprint density at radius 1 is 1.08 bits per heavy atom. The lowest BCUT2D eigenvalue weighted by molar-refractivity contribution is -0.127. The summed E-state index contributed by atoms with van der Waals surface area (Å²) in [6.45, 7) is 1.22. The van der Waals surface area contributed by atoms with Crippen molar-refractivity contribution in [3.8, 4) is 11.8 Å². The van der Waals surface area contributed by atoms with Gasteiger partial charge < -0.3 is 15.0 Å². The van der Waals surface area contributed by atoms with Gasteiger partial charge in [0, 0.05) is 26.3 Å². The lowest BCUT2D eigenvalue weighted by atomic mass is 10.1. The molecule has 0 aliphatic carbocycles. The molecule has 2 aromatic carbocycles. The Bertz CT molecular complexity index is 716. The van der Waals surface area contributed by atoms with E-state index in [1.54, 1.807) is 19.0 Å². The van der Waals surface area contributed by atoms with Gasteiger partial charge in [0.05, 0.1) is 18.9 Å². The fraction of sp³-hybridized carbons (Fsp3) is 0.300. The number of carbonyl (C=O) groups excluding carboxylic acids is 1. The molecule has 0 radical (unpaired) electrons. The Hall–Kier alpha value is -3.00. The molecule has 0 heterocycles. The second-order valence-electron chi connectivity index (χ2n) is 5.92. The summed E-state index contributed by atoms with van der Waals surface area (Å²) in [5.74, 6) is 0.885. The summed E-state index contributed by atoms with van der Waals surface area (Å²) in [5.41, 5.74) is 2.98. The van der Waals surface area contributed by atoms with E-state index in [1.165, 1.54) is 0 Å². The monoisotopic (exact) mass is 337 g/mol. The van der Waals surface area contributed by atoms with Crippen molar-refractivity contribution in [2.24, 2.45) is 0 Å². The van der Waals surface area contributed by atoms with Crippen LogP contribution in [0.3, 0.4) is 0 Å². The van der Waals surface area contributed by atoms with Crippen LogP contribution in [0, 0.1) is 11.3 Å². The van der Waals surface area contributed by atoms with Crippen LogP contribution in [0.15, 0.2) is 48.5 Å². The maximum absolute atomic E-state index is 11.7. The van der Waals surface area contributed by atoms with E-state index in [0.29, 0.717) is 26.0 Å². The zero-order valence-electron chi connectivity index (χ0n) is 14.7. The van der Waals surface area contributed by atoms with Crippen molar-refractivity contribution < 1.29 is 9.53 Å². The van der Waals surface area contributed by atoms with Gasteiger partial charge in [0.15, 0.2) is 0 Å². The first kappa shape index (κ1) is 18.3. The maximum atomic E-state index is 11.7. The Morgan fingerprint density at radius 3 is 2.32 bits per heavy atom. The van der Waals surface area contributed by atoms with Gasteiger partial charge in [0.2, 0.25) is 5.91 Å². The van der Waals surface area contributed by atoms with Gasteiger partial charge >= 0.3 is 0 Å². The Labute approximate surface area is 148 Å². The fourth-order valence-electron chi connectivity index (χ4n) is 2.23. The van der Waals surface area contributed by atoms with Crippen molar-refractivity contribution in [1.29, 1.82) is 5.26 Å². The van der Waals surface area contributed by atoms with Gasteiger partial charge in [-0.15, -0.1) is 0 Å². The highest BCUT2D eigenvalue weighted by molar-refractivity contribution is 5.78. The number of nitrogens with zero attached hydrogens (tertiary/aromatic N) is 2. The highest BCUT2D eigenvalue weighted by Crippen LogP contribution is 2.13. The second kappa shape index (κ2) is 9.33. The first-order valence-corrected chi connectivity index (χ1v) is 8.20. The SMILES string of the molecule is CN(C)C(=O)Cc1ccc(NCCOc2ccc(CC#N)cc2)cc1. The molecule has 0 bridgehead atoms. The predicted octanol–water partition coefficient (Wildman–Crippen LogP) is 2.87. The minimum Gasteiger partial charge on any atom is -0.492 e. The molecule has 1 N–H and O–H groups in total. The number of amides is 1. The summed E-state index contributed by atoms with van der Waals surface area (Å²) in [7, 11) is 3.52. The number of rotatable bonds is 8. The van der Waals surface area contributed by atoms with Crippen molar-refractivity contribution >= 4 is 11.6 Å². The Balaban J connectivity index is 1.72. The Morgan fingerprint density at radius 2 is 1.72 bits per heavy atom. The summed E-state index contributed by atoms with van der Waals surface area (Å²) in [5, 5.41) is 11.9. The summed E-state index contributed by atoms with van der Waals surface area (Å²) in [4.78, 5) is 13.3. The number of anilines is 1. The van der Waals surface area contributed by atoms with Crippen LogP contribution < -0.4 is 10.1 Å². The molecule has 0 spiro atoms. The van der Waals surface area contributed by atoms with Crippen LogP contribution in [-0.2, 0) is 17.6 Å². The third-order valence-electron chi connectivity index (χ3n) is 3.71. The molecule has 5 nitrogen and oxygen atoms in total. The number of hydrogen-bond acceptors (Lipinski definition) is 4. The van der Waals surface area contributed by atoms with Crippen LogP contribution >= 0.6 is 0 Å². The van der Waals surface area contributed by atoms with E-state index in [0.717, 1.165) is 22.6 Å². The van der Waals surface area contributed by atoms with E-state index in [4.69, 9.17) is 10.00 Å². The normalized spacial score (nSPS) is 9.96. The Kier molecular flexibility index (Phi) is 6.85. The predicted molar refractivity (Wildman–Crippen MR) is 98.6 cm³/mol. The molecule has 0 aliphatic heterocycles. The van der Waals surface area contributed by atoms with Crippen molar-refractivity contribution in [3.63, 3.8) is 0 Å². The molecule has 5 heteroatoms. The third-order valence-corrected chi connectivity index (χ3v) is 3.71. The molecule has 130 valence electrons. The zero-order chi connectivity index (χ0) is 18.1. The van der Waals surface area contributed by atoms with Crippen molar-refractivity contribution in [2.45, 2.75) is 12.8 Å². The molecule has 2 aromatic rings. The van der Waals surface area contributed by atoms with Crippen LogP contribution in [0.4, 0.5) is 5.69 Å². The molecular formula is C20H23N3O2. The van der Waals surface area contributed by atoms with Gasteiger partial charge in [-0.25, -0.2) is 0 Å². The number of nitriles is 1. The highest BCUT2D eigenvalue weighted by atomic mass is 16.5. The molecule has 0 saturated carbocycles. The number of likely N-dealkylation sites (N-methyl/N-ethyl adjacent to an activating group) is 1. The average Bonchev–Trinajstić information content (AvgIpc) is 2.61. The minimum atomic E-state index is 0.0925. The van der Waals surface area contributed by atoms with Crippen LogP contribution in [0.5, 0.6) is 5.75 Å². The third kappa shape index (κ3) is 6.19. The number of hydrogen-bond donors (Lipinski definition) is 1. The van der Waals surface area contributed by atoms with Crippen LogP contribution in [0.1, 0.15) is 11.1 Å². The van der Waals surface area contributed by atoms with Crippen LogP contribution in [0.2, 0.25) is 0 Å². The molecule has 0 fully saturated rings. The molecule has 0 atom stereocenters. The minimum absolute atomic E-state index is 0.0925. The van der Waals surface area contributed by atoms with Gasteiger partial charge in [-0.1, -0.05) is 24.3 Å². The lowest BCUT2D eigenvalue weighted by Gasteiger charge is -2.11. The molecular weight excluding hydrogens is 314 g/mol. The van der Waals surface area contributed by atoms with Gasteiger partial charge in [-0.3, -0.25) is 4.79 Å².